The van der Waals surface area contributed by atoms with Crippen molar-refractivity contribution in [2.24, 2.45) is 0 Å². The molecule has 12 heteroatoms. The average Bonchev–Trinajstić information content (AvgIpc) is 3.44. The molecule has 0 aliphatic carbocycles. The molecule has 0 saturated carbocycles. The number of hydrogen-bond donors (Lipinski definition) is 2. The highest BCUT2D eigenvalue weighted by Gasteiger charge is 2.18. The zero-order chi connectivity index (χ0) is 27.6. The summed E-state index contributed by atoms with van der Waals surface area (Å²) < 4.78 is 7.57. The van der Waals surface area contributed by atoms with E-state index in [1.54, 1.807) is 18.3 Å². The molecule has 2 aromatic carbocycles. The molecular weight excluding hydrogens is 514 g/mol. The van der Waals surface area contributed by atoms with E-state index in [9.17, 15) is 19.2 Å². The highest BCUT2D eigenvalue weighted by Crippen LogP contribution is 2.19. The fourth-order valence-corrected chi connectivity index (χ4v) is 4.80. The van der Waals surface area contributed by atoms with Crippen molar-refractivity contribution in [3.05, 3.63) is 120 Å². The van der Waals surface area contributed by atoms with Crippen LogP contribution in [0.1, 0.15) is 24.2 Å². The molecule has 0 bridgehead atoms. The normalized spacial score (nSPS) is 11.4. The van der Waals surface area contributed by atoms with Crippen LogP contribution in [0.5, 0.6) is 0 Å². The zero-order valence-electron chi connectivity index (χ0n) is 21.2. The lowest BCUT2D eigenvalue weighted by atomic mass is 10.0. The van der Waals surface area contributed by atoms with Gasteiger partial charge in [-0.05, 0) is 41.3 Å². The van der Waals surface area contributed by atoms with Crippen molar-refractivity contribution in [2.45, 2.75) is 32.4 Å². The third-order valence-electron chi connectivity index (χ3n) is 6.70. The number of unbranched alkanes of at least 4 members (excludes halogenated alkanes) is 1. The molecule has 0 aliphatic heterocycles. The number of nitrogens with one attached hydrogen (secondary N) is 2. The molecule has 0 amide bonds. The predicted octanol–water partition coefficient (Wildman–Crippen LogP) is 2.21. The summed E-state index contributed by atoms with van der Waals surface area (Å²) in [6.45, 7) is 0.105. The van der Waals surface area contributed by atoms with E-state index >= 15 is 0 Å². The standard InChI is InChI=1S/C28H23N7O5/c36-24-23-22(31-27(38)32-24)26(37)34(15-6-4-13-21-30-25(40-33-21)20-12-3-5-14-29-20)28(39)35(23)16-18-10-7-9-17-8-1-2-11-19(17)18/h1-3,5,7-12,14H,4,6,13,15-16H2,(H2,31,32,36,38). The Kier molecular flexibility index (Phi) is 6.48. The second-order valence-corrected chi connectivity index (χ2v) is 9.28. The first kappa shape index (κ1) is 24.9. The monoisotopic (exact) mass is 537 g/mol. The van der Waals surface area contributed by atoms with E-state index in [4.69, 9.17) is 4.52 Å². The van der Waals surface area contributed by atoms with E-state index in [2.05, 4.69) is 25.1 Å². The third-order valence-corrected chi connectivity index (χ3v) is 6.70. The van der Waals surface area contributed by atoms with Crippen LogP contribution in [-0.4, -0.2) is 34.2 Å². The maximum Gasteiger partial charge on any atom is 0.332 e. The maximum absolute atomic E-state index is 13.6. The van der Waals surface area contributed by atoms with Crippen LogP contribution < -0.4 is 22.5 Å². The molecule has 2 N–H and O–H groups in total. The van der Waals surface area contributed by atoms with Gasteiger partial charge in [0.05, 0.1) is 6.54 Å². The maximum atomic E-state index is 13.6. The van der Waals surface area contributed by atoms with Crippen LogP contribution in [0.4, 0.5) is 0 Å². The molecule has 200 valence electrons. The molecule has 12 nitrogen and oxygen atoms in total. The second-order valence-electron chi connectivity index (χ2n) is 9.28. The molecule has 0 spiro atoms. The van der Waals surface area contributed by atoms with Gasteiger partial charge < -0.3 is 9.51 Å². The summed E-state index contributed by atoms with van der Waals surface area (Å²) in [4.78, 5) is 64.9. The quantitative estimate of drug-likeness (QED) is 0.279. The first-order valence-electron chi connectivity index (χ1n) is 12.7. The largest absolute Gasteiger partial charge is 0.332 e. The minimum absolute atomic E-state index is 0.0330. The molecule has 40 heavy (non-hydrogen) atoms. The molecule has 0 aliphatic rings. The van der Waals surface area contributed by atoms with Gasteiger partial charge in [-0.15, -0.1) is 0 Å². The Morgan fingerprint density at radius 3 is 2.52 bits per heavy atom. The third kappa shape index (κ3) is 4.66. The van der Waals surface area contributed by atoms with Gasteiger partial charge >= 0.3 is 11.4 Å². The van der Waals surface area contributed by atoms with E-state index in [1.165, 1.54) is 4.57 Å². The highest BCUT2D eigenvalue weighted by atomic mass is 16.5. The predicted molar refractivity (Wildman–Crippen MR) is 147 cm³/mol. The first-order valence-corrected chi connectivity index (χ1v) is 12.7. The van der Waals surface area contributed by atoms with Gasteiger partial charge in [0.25, 0.3) is 17.0 Å². The number of nitrogens with zero attached hydrogens (tertiary/aromatic N) is 5. The van der Waals surface area contributed by atoms with Crippen molar-refractivity contribution in [3.8, 4) is 11.6 Å². The number of hydrogen-bond acceptors (Lipinski definition) is 8. The van der Waals surface area contributed by atoms with E-state index in [0.717, 1.165) is 20.9 Å². The van der Waals surface area contributed by atoms with Gasteiger partial charge in [0, 0.05) is 19.2 Å². The summed E-state index contributed by atoms with van der Waals surface area (Å²) in [7, 11) is 0. The summed E-state index contributed by atoms with van der Waals surface area (Å²) in [5.74, 6) is 0.794. The zero-order valence-corrected chi connectivity index (χ0v) is 21.2. The molecule has 6 rings (SSSR count). The lowest BCUT2D eigenvalue weighted by Crippen LogP contribution is -2.44. The molecule has 4 heterocycles. The van der Waals surface area contributed by atoms with Gasteiger partial charge in [0.15, 0.2) is 5.82 Å². The average molecular weight is 538 g/mol. The highest BCUT2D eigenvalue weighted by molar-refractivity contribution is 5.85. The summed E-state index contributed by atoms with van der Waals surface area (Å²) >= 11 is 0. The van der Waals surface area contributed by atoms with Crippen molar-refractivity contribution >= 4 is 21.8 Å². The molecular formula is C28H23N7O5. The number of fused-ring (bicyclic) bond motifs is 2. The minimum Gasteiger partial charge on any atom is -0.332 e. The Balaban J connectivity index is 1.31. The molecule has 0 radical (unpaired) electrons. The smallest absolute Gasteiger partial charge is 0.332 e. The number of aromatic amines is 2. The van der Waals surface area contributed by atoms with Crippen molar-refractivity contribution in [1.29, 1.82) is 0 Å². The summed E-state index contributed by atoms with van der Waals surface area (Å²) in [6.07, 6.45) is 3.09. The summed E-state index contributed by atoms with van der Waals surface area (Å²) in [5.41, 5.74) is -2.02. The number of rotatable bonds is 8. The van der Waals surface area contributed by atoms with Crippen molar-refractivity contribution in [3.63, 3.8) is 0 Å². The Labute approximate surface area is 224 Å². The lowest BCUT2D eigenvalue weighted by molar-refractivity contribution is 0.419. The number of aryl methyl sites for hydroxylation is 1. The summed E-state index contributed by atoms with van der Waals surface area (Å²) in [5, 5.41) is 5.86. The molecule has 6 aromatic rings. The second kappa shape index (κ2) is 10.4. The number of benzene rings is 2. The van der Waals surface area contributed by atoms with Crippen molar-refractivity contribution < 1.29 is 4.52 Å². The van der Waals surface area contributed by atoms with Crippen molar-refractivity contribution in [1.82, 2.24) is 34.2 Å². The fraction of sp³-hybridized carbons (Fsp3) is 0.179. The molecule has 0 unspecified atom stereocenters. The van der Waals surface area contributed by atoms with Crippen LogP contribution >= 0.6 is 0 Å². The minimum atomic E-state index is -0.822. The van der Waals surface area contributed by atoms with Gasteiger partial charge in [-0.25, -0.2) is 9.59 Å². The van der Waals surface area contributed by atoms with E-state index in [-0.39, 0.29) is 24.1 Å². The van der Waals surface area contributed by atoms with Gasteiger partial charge in [-0.3, -0.25) is 28.7 Å². The molecule has 0 fully saturated rings. The molecule has 0 saturated heterocycles. The number of H-pyrrole nitrogens is 2. The SMILES string of the molecule is O=c1[nH]c(=O)c2c([nH]1)c(=O)n(CCCCc1noc(-c3ccccn3)n1)c(=O)n2Cc1cccc2ccccc12. The van der Waals surface area contributed by atoms with Crippen molar-refractivity contribution in [2.75, 3.05) is 0 Å². The van der Waals surface area contributed by atoms with Gasteiger partial charge in [-0.1, -0.05) is 53.7 Å². The van der Waals surface area contributed by atoms with Gasteiger partial charge in [0.2, 0.25) is 0 Å². The van der Waals surface area contributed by atoms with Gasteiger partial charge in [-0.2, -0.15) is 4.98 Å². The fourth-order valence-electron chi connectivity index (χ4n) is 4.80. The molecule has 4 aromatic heterocycles. The Hall–Kier alpha value is -5.39. The van der Waals surface area contributed by atoms with E-state index in [0.29, 0.717) is 36.7 Å². The Morgan fingerprint density at radius 1 is 0.850 bits per heavy atom. The molecule has 0 atom stereocenters. The van der Waals surface area contributed by atoms with E-state index < -0.39 is 22.5 Å². The Morgan fingerprint density at radius 2 is 1.68 bits per heavy atom. The summed E-state index contributed by atoms with van der Waals surface area (Å²) in [6, 6.07) is 18.7. The van der Waals surface area contributed by atoms with Crippen LogP contribution in [0, 0.1) is 0 Å². The van der Waals surface area contributed by atoms with Crippen LogP contribution in [0.15, 0.2) is 90.6 Å². The number of aromatic nitrogens is 7. The van der Waals surface area contributed by atoms with E-state index in [1.807, 2.05) is 48.5 Å². The van der Waals surface area contributed by atoms with Crippen LogP contribution in [0.2, 0.25) is 0 Å². The topological polar surface area (TPSA) is 162 Å². The Bertz CT molecular complexity index is 2080. The van der Waals surface area contributed by atoms with Crippen LogP contribution in [0.3, 0.4) is 0 Å². The number of pyridine rings is 1. The van der Waals surface area contributed by atoms with Crippen LogP contribution in [-0.2, 0) is 19.5 Å². The van der Waals surface area contributed by atoms with Gasteiger partial charge in [0.1, 0.15) is 16.7 Å². The van der Waals surface area contributed by atoms with Crippen LogP contribution in [0.25, 0.3) is 33.4 Å². The first-order chi connectivity index (χ1) is 19.5. The lowest BCUT2D eigenvalue weighted by Gasteiger charge is -2.14.